The van der Waals surface area contributed by atoms with E-state index in [9.17, 15) is 9.59 Å². The number of ketones is 2. The van der Waals surface area contributed by atoms with Gasteiger partial charge in [0.1, 0.15) is 5.70 Å². The Labute approximate surface area is 154 Å². The van der Waals surface area contributed by atoms with E-state index in [-0.39, 0.29) is 11.6 Å². The van der Waals surface area contributed by atoms with Crippen molar-refractivity contribution < 1.29 is 9.59 Å². The van der Waals surface area contributed by atoms with Gasteiger partial charge in [-0.05, 0) is 15.9 Å². The van der Waals surface area contributed by atoms with Gasteiger partial charge in [-0.25, -0.2) is 4.68 Å². The number of carbonyl (C=O) groups excluding carboxylic acids is 2. The Hall–Kier alpha value is -2.33. The van der Waals surface area contributed by atoms with Gasteiger partial charge < -0.3 is 9.80 Å². The molecule has 4 heterocycles. The molecule has 0 bridgehead atoms. The topological polar surface area (TPSA) is 83.8 Å². The maximum atomic E-state index is 13.0. The fourth-order valence-electron chi connectivity index (χ4n) is 2.75. The van der Waals surface area contributed by atoms with Gasteiger partial charge in [0.15, 0.2) is 5.82 Å². The Balaban J connectivity index is 1.60. The summed E-state index contributed by atoms with van der Waals surface area (Å²) >= 11 is 4.48. The van der Waals surface area contributed by atoms with E-state index in [4.69, 9.17) is 0 Å². The molecule has 0 aromatic carbocycles. The molecule has 0 saturated carbocycles. The van der Waals surface area contributed by atoms with Crippen molar-refractivity contribution in [1.29, 1.82) is 0 Å². The predicted molar refractivity (Wildman–Crippen MR) is 92.9 cm³/mol. The monoisotopic (exact) mass is 418 g/mol. The van der Waals surface area contributed by atoms with Crippen molar-refractivity contribution in [3.8, 4) is 5.13 Å². The van der Waals surface area contributed by atoms with E-state index in [1.165, 1.54) is 6.08 Å². The molecule has 126 valence electrons. The summed E-state index contributed by atoms with van der Waals surface area (Å²) in [6.45, 7) is 3.14. The Morgan fingerprint density at radius 2 is 1.88 bits per heavy atom. The first-order valence-corrected chi connectivity index (χ1v) is 9.28. The summed E-state index contributed by atoms with van der Waals surface area (Å²) in [5.74, 6) is -0.0310. The average molecular weight is 419 g/mol. The number of hydrogen-bond acceptors (Lipinski definition) is 8. The predicted octanol–water partition coefficient (Wildman–Crippen LogP) is 0.864. The van der Waals surface area contributed by atoms with Crippen molar-refractivity contribution >= 4 is 44.6 Å². The van der Waals surface area contributed by atoms with Crippen molar-refractivity contribution in [3.63, 3.8) is 0 Å². The van der Waals surface area contributed by atoms with Crippen LogP contribution in [-0.2, 0) is 9.59 Å². The first-order chi connectivity index (χ1) is 12.1. The fraction of sp³-hybridized carbons (Fsp3) is 0.267. The Morgan fingerprint density at radius 3 is 2.52 bits per heavy atom. The van der Waals surface area contributed by atoms with Gasteiger partial charge in [-0.2, -0.15) is 14.5 Å². The summed E-state index contributed by atoms with van der Waals surface area (Å²) in [5, 5.41) is 4.72. The normalized spacial score (nSPS) is 19.6. The molecule has 0 atom stereocenters. The summed E-state index contributed by atoms with van der Waals surface area (Å²) in [4.78, 5) is 33.8. The van der Waals surface area contributed by atoms with Crippen LogP contribution in [0.15, 0.2) is 34.3 Å². The average Bonchev–Trinajstić information content (AvgIpc) is 3.51. The molecule has 25 heavy (non-hydrogen) atoms. The zero-order chi connectivity index (χ0) is 17.1. The van der Waals surface area contributed by atoms with Gasteiger partial charge >= 0.3 is 0 Å². The lowest BCUT2D eigenvalue weighted by atomic mass is 9.96. The van der Waals surface area contributed by atoms with E-state index >= 15 is 0 Å². The first-order valence-electron chi connectivity index (χ1n) is 7.71. The number of halogens is 1. The number of carbonyl (C=O) groups is 2. The standard InChI is InChI=1S/C15H11BrN6O2S/c16-8-6-17-22(7-8)15-18-14(19-25-15)11-12(21-3-4-21)10(23)5-9(13(11)24)20-1-2-20/h5-7H,1-4H2. The van der Waals surface area contributed by atoms with E-state index in [1.54, 1.807) is 17.1 Å². The van der Waals surface area contributed by atoms with Gasteiger partial charge in [-0.15, -0.1) is 0 Å². The fourth-order valence-corrected chi connectivity index (χ4v) is 3.65. The molecule has 0 radical (unpaired) electrons. The maximum absolute atomic E-state index is 13.0. The second-order valence-corrected chi connectivity index (χ2v) is 7.57. The van der Waals surface area contributed by atoms with Crippen LogP contribution < -0.4 is 0 Å². The van der Waals surface area contributed by atoms with Crippen molar-refractivity contribution in [2.45, 2.75) is 0 Å². The van der Waals surface area contributed by atoms with Crippen LogP contribution >= 0.6 is 27.5 Å². The summed E-state index contributed by atoms with van der Waals surface area (Å²) in [5.41, 5.74) is 1.17. The van der Waals surface area contributed by atoms with Crippen LogP contribution in [0.3, 0.4) is 0 Å². The van der Waals surface area contributed by atoms with Crippen molar-refractivity contribution in [2.75, 3.05) is 26.2 Å². The molecular formula is C15H11BrN6O2S. The van der Waals surface area contributed by atoms with Gasteiger partial charge in [-0.3, -0.25) is 9.59 Å². The van der Waals surface area contributed by atoms with E-state index in [0.29, 0.717) is 27.9 Å². The smallest absolute Gasteiger partial charge is 0.230 e. The number of rotatable bonds is 4. The lowest BCUT2D eigenvalue weighted by molar-refractivity contribution is -0.115. The number of nitrogens with zero attached hydrogens (tertiary/aromatic N) is 6. The van der Waals surface area contributed by atoms with Gasteiger partial charge in [0.05, 0.1) is 21.9 Å². The van der Waals surface area contributed by atoms with E-state index in [2.05, 4.69) is 30.4 Å². The zero-order valence-electron chi connectivity index (χ0n) is 12.8. The van der Waals surface area contributed by atoms with Crippen molar-refractivity contribution in [2.24, 2.45) is 0 Å². The number of aromatic nitrogens is 4. The SMILES string of the molecule is O=C1C=C(N2CC2)C(=O)C(c2nsc(-n3cc(Br)cn3)n2)=C1N1CC1. The third-order valence-electron chi connectivity index (χ3n) is 4.14. The van der Waals surface area contributed by atoms with Crippen LogP contribution in [0.2, 0.25) is 0 Å². The second kappa shape index (κ2) is 5.33. The Morgan fingerprint density at radius 1 is 1.12 bits per heavy atom. The van der Waals surface area contributed by atoms with E-state index in [0.717, 1.165) is 42.2 Å². The number of hydrogen-bond donors (Lipinski definition) is 0. The summed E-state index contributed by atoms with van der Waals surface area (Å²) in [6.07, 6.45) is 4.86. The molecule has 2 aromatic heterocycles. The van der Waals surface area contributed by atoms with Gasteiger partial charge in [0, 0.05) is 50.0 Å². The highest BCUT2D eigenvalue weighted by Gasteiger charge is 2.41. The lowest BCUT2D eigenvalue weighted by Gasteiger charge is -2.18. The Bertz CT molecular complexity index is 982. The van der Waals surface area contributed by atoms with E-state index < -0.39 is 0 Å². The summed E-state index contributed by atoms with van der Waals surface area (Å²) < 4.78 is 6.74. The van der Waals surface area contributed by atoms with Gasteiger partial charge in [0.25, 0.3) is 0 Å². The minimum atomic E-state index is -0.176. The molecule has 0 unspecified atom stereocenters. The van der Waals surface area contributed by atoms with E-state index in [1.807, 2.05) is 9.80 Å². The molecule has 5 rings (SSSR count). The minimum absolute atomic E-state index is 0.146. The first kappa shape index (κ1) is 15.0. The maximum Gasteiger partial charge on any atom is 0.230 e. The molecule has 2 fully saturated rings. The van der Waals surface area contributed by atoms with Crippen LogP contribution in [0.1, 0.15) is 5.82 Å². The van der Waals surface area contributed by atoms with Crippen LogP contribution in [0.5, 0.6) is 0 Å². The van der Waals surface area contributed by atoms with Crippen molar-refractivity contribution in [1.82, 2.24) is 28.9 Å². The highest BCUT2D eigenvalue weighted by molar-refractivity contribution is 9.10. The van der Waals surface area contributed by atoms with Crippen LogP contribution in [-0.4, -0.2) is 66.7 Å². The summed E-state index contributed by atoms with van der Waals surface area (Å²) in [6, 6.07) is 0. The Kier molecular flexibility index (Phi) is 3.19. The van der Waals surface area contributed by atoms with Gasteiger partial charge in [-0.1, -0.05) is 0 Å². The van der Waals surface area contributed by atoms with Crippen LogP contribution in [0.4, 0.5) is 0 Å². The molecular weight excluding hydrogens is 408 g/mol. The number of allylic oxidation sites excluding steroid dienone is 2. The molecule has 10 heteroatoms. The van der Waals surface area contributed by atoms with Crippen LogP contribution in [0.25, 0.3) is 10.7 Å². The third-order valence-corrected chi connectivity index (χ3v) is 5.25. The molecule has 0 N–H and O–H groups in total. The molecule has 0 amide bonds. The van der Waals surface area contributed by atoms with Gasteiger partial charge in [0.2, 0.25) is 16.7 Å². The number of Topliss-reactive ketones (excluding diaryl/α,β-unsaturated/α-hetero) is 1. The molecule has 0 spiro atoms. The second-order valence-electron chi connectivity index (χ2n) is 5.92. The summed E-state index contributed by atoms with van der Waals surface area (Å²) in [7, 11) is 0. The highest BCUT2D eigenvalue weighted by atomic mass is 79.9. The zero-order valence-corrected chi connectivity index (χ0v) is 15.2. The molecule has 2 saturated heterocycles. The molecule has 8 nitrogen and oxygen atoms in total. The molecule has 3 aliphatic rings. The minimum Gasteiger partial charge on any atom is -0.365 e. The molecule has 2 aromatic rings. The van der Waals surface area contributed by atoms with Crippen molar-refractivity contribution in [3.05, 3.63) is 40.2 Å². The van der Waals surface area contributed by atoms with Crippen LogP contribution in [0, 0.1) is 0 Å². The molecule has 2 aliphatic heterocycles. The highest BCUT2D eigenvalue weighted by Crippen LogP contribution is 2.34. The largest absolute Gasteiger partial charge is 0.365 e. The molecule has 1 aliphatic carbocycles. The lowest BCUT2D eigenvalue weighted by Crippen LogP contribution is -2.26. The quantitative estimate of drug-likeness (QED) is 0.537. The third kappa shape index (κ3) is 2.52.